The largest absolute Gasteiger partial charge is 0.294 e. The lowest BCUT2D eigenvalue weighted by Crippen LogP contribution is -2.06. The second kappa shape index (κ2) is 5.81. The van der Waals surface area contributed by atoms with Gasteiger partial charge in [0.1, 0.15) is 0 Å². The summed E-state index contributed by atoms with van der Waals surface area (Å²) >= 11 is 3.01. The van der Waals surface area contributed by atoms with Crippen molar-refractivity contribution in [1.82, 2.24) is 0 Å². The molecule has 1 aromatic rings. The van der Waals surface area contributed by atoms with Gasteiger partial charge in [-0.15, -0.1) is 0 Å². The minimum Gasteiger partial charge on any atom is -0.294 e. The van der Waals surface area contributed by atoms with Crippen molar-refractivity contribution in [2.24, 2.45) is 0 Å². The molecule has 0 saturated heterocycles. The first-order valence-electron chi connectivity index (χ1n) is 4.63. The molecule has 1 rings (SSSR count). The second-order valence-electron chi connectivity index (χ2n) is 3.19. The van der Waals surface area contributed by atoms with Crippen LogP contribution >= 0.6 is 15.9 Å². The molecule has 1 aromatic carbocycles. The van der Waals surface area contributed by atoms with Gasteiger partial charge in [-0.1, -0.05) is 15.9 Å². The van der Waals surface area contributed by atoms with Crippen molar-refractivity contribution in [3.05, 3.63) is 39.4 Å². The van der Waals surface area contributed by atoms with Crippen LogP contribution in [0.1, 0.15) is 28.8 Å². The first-order chi connectivity index (χ1) is 7.97. The molecule has 0 aliphatic heterocycles. The topological polar surface area (TPSA) is 60.2 Å². The maximum absolute atomic E-state index is 12.6. The van der Waals surface area contributed by atoms with E-state index in [1.54, 1.807) is 0 Å². The van der Waals surface area contributed by atoms with Crippen LogP contribution in [0.25, 0.3) is 0 Å². The Bertz CT molecular complexity index is 451. The van der Waals surface area contributed by atoms with Crippen molar-refractivity contribution in [3.63, 3.8) is 0 Å². The van der Waals surface area contributed by atoms with Gasteiger partial charge in [0.05, 0.1) is 4.92 Å². The van der Waals surface area contributed by atoms with Gasteiger partial charge < -0.3 is 0 Å². The van der Waals surface area contributed by atoms with E-state index in [0.29, 0.717) is 5.33 Å². The number of rotatable bonds is 5. The van der Waals surface area contributed by atoms with E-state index >= 15 is 0 Å². The zero-order chi connectivity index (χ0) is 13.0. The number of nitro groups is 1. The summed E-state index contributed by atoms with van der Waals surface area (Å²) in [6, 6.07) is 2.78. The van der Waals surface area contributed by atoms with Crippen LogP contribution in [0.4, 0.5) is 14.5 Å². The molecule has 0 aliphatic rings. The Morgan fingerprint density at radius 3 is 2.59 bits per heavy atom. The minimum atomic E-state index is -2.83. The van der Waals surface area contributed by atoms with E-state index in [9.17, 15) is 23.7 Å². The van der Waals surface area contributed by atoms with Crippen LogP contribution in [0.15, 0.2) is 18.2 Å². The lowest BCUT2D eigenvalue weighted by molar-refractivity contribution is -0.384. The van der Waals surface area contributed by atoms with Crippen LogP contribution < -0.4 is 0 Å². The molecule has 0 aliphatic carbocycles. The smallest absolute Gasteiger partial charge is 0.270 e. The highest BCUT2D eigenvalue weighted by atomic mass is 79.9. The Morgan fingerprint density at radius 2 is 2.12 bits per heavy atom. The standard InChI is InChI=1S/C10H8BrF2NO3/c11-4-3-9(15)8-5-6(14(16)17)1-2-7(8)10(12)13/h1-2,5,10H,3-4H2. The summed E-state index contributed by atoms with van der Waals surface area (Å²) in [7, 11) is 0. The molecule has 0 radical (unpaired) electrons. The number of hydrogen-bond acceptors (Lipinski definition) is 3. The molecule has 0 fully saturated rings. The van der Waals surface area contributed by atoms with Gasteiger partial charge in [-0.05, 0) is 6.07 Å². The number of ketones is 1. The van der Waals surface area contributed by atoms with E-state index in [1.807, 2.05) is 0 Å². The summed E-state index contributed by atoms with van der Waals surface area (Å²) in [5.74, 6) is -0.541. The molecule has 0 aromatic heterocycles. The Balaban J connectivity index is 3.25. The molecule has 0 N–H and O–H groups in total. The van der Waals surface area contributed by atoms with Crippen LogP contribution in [-0.4, -0.2) is 16.0 Å². The number of alkyl halides is 3. The Morgan fingerprint density at radius 1 is 1.47 bits per heavy atom. The second-order valence-corrected chi connectivity index (χ2v) is 3.98. The summed E-state index contributed by atoms with van der Waals surface area (Å²) in [6.45, 7) is 0. The predicted octanol–water partition coefficient (Wildman–Crippen LogP) is 3.50. The molecule has 0 saturated carbocycles. The molecule has 0 spiro atoms. The van der Waals surface area contributed by atoms with Crippen LogP contribution in [0.2, 0.25) is 0 Å². The Kier molecular flexibility index (Phi) is 4.68. The summed E-state index contributed by atoms with van der Waals surface area (Å²) < 4.78 is 25.3. The molecule has 4 nitrogen and oxygen atoms in total. The van der Waals surface area contributed by atoms with Crippen LogP contribution in [0.5, 0.6) is 0 Å². The van der Waals surface area contributed by atoms with E-state index < -0.39 is 22.7 Å². The van der Waals surface area contributed by atoms with Crippen molar-refractivity contribution < 1.29 is 18.5 Å². The number of nitrogens with zero attached hydrogens (tertiary/aromatic N) is 1. The predicted molar refractivity (Wildman–Crippen MR) is 60.8 cm³/mol. The van der Waals surface area contributed by atoms with E-state index in [4.69, 9.17) is 0 Å². The number of carbonyl (C=O) groups is 1. The highest BCUT2D eigenvalue weighted by Crippen LogP contribution is 2.27. The van der Waals surface area contributed by atoms with Crippen LogP contribution in [-0.2, 0) is 0 Å². The average Bonchev–Trinajstić information content (AvgIpc) is 2.28. The molecular formula is C10H8BrF2NO3. The molecule has 0 bridgehead atoms. The maximum Gasteiger partial charge on any atom is 0.270 e. The van der Waals surface area contributed by atoms with Crippen molar-refractivity contribution in [2.75, 3.05) is 5.33 Å². The van der Waals surface area contributed by atoms with Gasteiger partial charge in [0.2, 0.25) is 0 Å². The maximum atomic E-state index is 12.6. The number of non-ortho nitro benzene ring substituents is 1. The van der Waals surface area contributed by atoms with Gasteiger partial charge in [-0.3, -0.25) is 14.9 Å². The van der Waals surface area contributed by atoms with E-state index in [1.165, 1.54) is 0 Å². The zero-order valence-corrected chi connectivity index (χ0v) is 10.1. The van der Waals surface area contributed by atoms with Crippen molar-refractivity contribution in [2.45, 2.75) is 12.8 Å². The number of nitro benzene ring substituents is 1. The third-order valence-electron chi connectivity index (χ3n) is 2.10. The average molecular weight is 308 g/mol. The SMILES string of the molecule is O=C(CCBr)c1cc([N+](=O)[O-])ccc1C(F)F. The van der Waals surface area contributed by atoms with E-state index in [2.05, 4.69) is 15.9 Å². The molecular weight excluding hydrogens is 300 g/mol. The molecule has 0 atom stereocenters. The molecule has 92 valence electrons. The lowest BCUT2D eigenvalue weighted by Gasteiger charge is -2.06. The summed E-state index contributed by atoms with van der Waals surface area (Å²) in [6.07, 6.45) is -2.81. The third kappa shape index (κ3) is 3.29. The Labute approximate surface area is 104 Å². The quantitative estimate of drug-likeness (QED) is 0.362. The number of benzene rings is 1. The van der Waals surface area contributed by atoms with Gasteiger partial charge in [-0.2, -0.15) is 0 Å². The molecule has 0 amide bonds. The third-order valence-corrected chi connectivity index (χ3v) is 2.50. The van der Waals surface area contributed by atoms with Gasteiger partial charge in [-0.25, -0.2) is 8.78 Å². The number of hydrogen-bond donors (Lipinski definition) is 0. The van der Waals surface area contributed by atoms with Crippen molar-refractivity contribution in [3.8, 4) is 0 Å². The highest BCUT2D eigenvalue weighted by molar-refractivity contribution is 9.09. The van der Waals surface area contributed by atoms with Gasteiger partial charge in [0.25, 0.3) is 12.1 Å². The monoisotopic (exact) mass is 307 g/mol. The van der Waals surface area contributed by atoms with Crippen molar-refractivity contribution >= 4 is 27.4 Å². The first-order valence-corrected chi connectivity index (χ1v) is 5.75. The van der Waals surface area contributed by atoms with E-state index in [0.717, 1.165) is 18.2 Å². The van der Waals surface area contributed by atoms with Crippen molar-refractivity contribution in [1.29, 1.82) is 0 Å². The fourth-order valence-corrected chi connectivity index (χ4v) is 1.67. The summed E-state index contributed by atoms with van der Waals surface area (Å²) in [4.78, 5) is 21.3. The highest BCUT2D eigenvalue weighted by Gasteiger charge is 2.21. The molecule has 17 heavy (non-hydrogen) atoms. The zero-order valence-electron chi connectivity index (χ0n) is 8.53. The van der Waals surface area contributed by atoms with Crippen LogP contribution in [0.3, 0.4) is 0 Å². The Hall–Kier alpha value is -1.37. The van der Waals surface area contributed by atoms with Gasteiger partial charge >= 0.3 is 0 Å². The lowest BCUT2D eigenvalue weighted by atomic mass is 10.0. The normalized spacial score (nSPS) is 10.6. The van der Waals surface area contributed by atoms with Gasteiger partial charge in [0.15, 0.2) is 5.78 Å². The number of Topliss-reactive ketones (excluding diaryl/α,β-unsaturated/α-hetero) is 1. The fourth-order valence-electron chi connectivity index (χ4n) is 1.31. The molecule has 0 unspecified atom stereocenters. The number of carbonyl (C=O) groups excluding carboxylic acids is 1. The summed E-state index contributed by atoms with van der Waals surface area (Å²) in [5, 5.41) is 10.8. The van der Waals surface area contributed by atoms with Gasteiger partial charge in [0, 0.05) is 35.0 Å². The fraction of sp³-hybridized carbons (Fsp3) is 0.300. The molecule has 7 heteroatoms. The molecule has 0 heterocycles. The minimum absolute atomic E-state index is 0.0148. The first kappa shape index (κ1) is 13.7. The number of halogens is 3. The summed E-state index contributed by atoms with van der Waals surface area (Å²) in [5.41, 5.74) is -1.12. The van der Waals surface area contributed by atoms with E-state index in [-0.39, 0.29) is 17.7 Å². The van der Waals surface area contributed by atoms with Crippen LogP contribution in [0, 0.1) is 10.1 Å².